The van der Waals surface area contributed by atoms with Gasteiger partial charge in [-0.2, -0.15) is 0 Å². The minimum absolute atomic E-state index is 0.936. The van der Waals surface area contributed by atoms with E-state index >= 15 is 0 Å². The van der Waals surface area contributed by atoms with Gasteiger partial charge in [0, 0.05) is 0 Å². The van der Waals surface area contributed by atoms with Crippen LogP contribution in [0.25, 0.3) is 0 Å². The first-order valence-corrected chi connectivity index (χ1v) is 25.3. The molecule has 0 spiro atoms. The molecule has 0 aliphatic carbocycles. The van der Waals surface area contributed by atoms with Crippen molar-refractivity contribution in [1.82, 2.24) is 0 Å². The summed E-state index contributed by atoms with van der Waals surface area (Å²) in [6.45, 7) is 0. The summed E-state index contributed by atoms with van der Waals surface area (Å²) in [7, 11) is 0. The first-order chi connectivity index (χ1) is 21.5. The molecule has 0 unspecified atom stereocenters. The minimum atomic E-state index is -2.91. The van der Waals surface area contributed by atoms with Crippen LogP contribution in [-0.2, 0) is 0 Å². The van der Waals surface area contributed by atoms with E-state index in [1.54, 1.807) is 0 Å². The second-order valence-corrected chi connectivity index (χ2v) is 32.6. The van der Waals surface area contributed by atoms with Gasteiger partial charge in [0.05, 0.1) is 0 Å². The Hall–Kier alpha value is -2.62. The number of hydrogen-bond donors (Lipinski definition) is 0. The van der Waals surface area contributed by atoms with Crippen molar-refractivity contribution in [1.29, 1.82) is 0 Å². The Morgan fingerprint density at radius 3 is 0.614 bits per heavy atom. The second-order valence-electron chi connectivity index (χ2n) is 11.2. The molecule has 0 heterocycles. The van der Waals surface area contributed by atoms with E-state index < -0.39 is 8.49 Å². The quantitative estimate of drug-likeness (QED) is 0.0734. The van der Waals surface area contributed by atoms with Crippen LogP contribution < -0.4 is 31.8 Å². The van der Waals surface area contributed by atoms with E-state index in [1.807, 2.05) is 0 Å². The van der Waals surface area contributed by atoms with Crippen LogP contribution in [0.15, 0.2) is 194 Å². The van der Waals surface area contributed by atoms with E-state index in [4.69, 9.17) is 0 Å². The van der Waals surface area contributed by atoms with Crippen molar-refractivity contribution in [3.63, 3.8) is 0 Å². The van der Waals surface area contributed by atoms with Gasteiger partial charge in [0.1, 0.15) is 0 Å². The monoisotopic (exact) mass is 832 g/mol. The summed E-state index contributed by atoms with van der Waals surface area (Å²) >= 11 is 5.79. The third-order valence-corrected chi connectivity index (χ3v) is 31.3. The molecule has 0 aliphatic rings. The average molecular weight is 832 g/mol. The summed E-state index contributed by atoms with van der Waals surface area (Å²) in [5.74, 6) is 0. The molecule has 6 aromatic carbocycles. The van der Waals surface area contributed by atoms with Crippen molar-refractivity contribution in [3.8, 4) is 0 Å². The molecule has 4 heteroatoms. The van der Waals surface area contributed by atoms with Crippen LogP contribution in [0.5, 0.6) is 0 Å². The Balaban J connectivity index is 1.55. The summed E-state index contributed by atoms with van der Waals surface area (Å²) < 4.78 is -5.82. The van der Waals surface area contributed by atoms with Gasteiger partial charge < -0.3 is 0 Å². The zero-order valence-electron chi connectivity index (χ0n) is 24.5. The Labute approximate surface area is 288 Å². The van der Waals surface area contributed by atoms with Crippen LogP contribution in [0.4, 0.5) is 0 Å². The Morgan fingerprint density at radius 1 is 0.295 bits per heavy atom. The van der Waals surface area contributed by atoms with Crippen LogP contribution >= 0.6 is 52.6 Å². The first kappa shape index (κ1) is 31.4. The molecule has 0 N–H and O–H groups in total. The molecule has 220 valence electrons. The summed E-state index contributed by atoms with van der Waals surface area (Å²) in [6, 6.07) is 67.2. The van der Waals surface area contributed by atoms with Gasteiger partial charge in [0.25, 0.3) is 0 Å². The van der Waals surface area contributed by atoms with E-state index in [9.17, 15) is 0 Å². The first-order valence-electron chi connectivity index (χ1n) is 14.9. The number of halogens is 2. The fourth-order valence-corrected chi connectivity index (χ4v) is 22.6. The topological polar surface area (TPSA) is 0 Å². The van der Waals surface area contributed by atoms with Gasteiger partial charge in [-0.05, 0) is 0 Å². The summed E-state index contributed by atoms with van der Waals surface area (Å²) in [4.78, 5) is 0. The van der Waals surface area contributed by atoms with E-state index in [2.05, 4.69) is 238 Å². The van der Waals surface area contributed by atoms with Crippen molar-refractivity contribution in [2.24, 2.45) is 0 Å². The van der Waals surface area contributed by atoms with Gasteiger partial charge in [0.2, 0.25) is 0 Å². The molecule has 0 nitrogen and oxygen atoms in total. The summed E-state index contributed by atoms with van der Waals surface area (Å²) in [6.07, 6.45) is 6.88. The van der Waals surface area contributed by atoms with Gasteiger partial charge in [-0.1, -0.05) is 0 Å². The molecule has 0 amide bonds. The van der Waals surface area contributed by atoms with Crippen LogP contribution in [0, 0.1) is 0 Å². The van der Waals surface area contributed by atoms with Gasteiger partial charge in [-0.15, -0.1) is 0 Å². The average Bonchev–Trinajstić information content (AvgIpc) is 3.12. The number of allylic oxidation sites excluding steroid dienone is 2. The molecular formula is C40H36I2P2. The van der Waals surface area contributed by atoms with E-state index in [-0.39, 0.29) is 0 Å². The molecule has 6 aromatic rings. The molecule has 0 saturated heterocycles. The predicted octanol–water partition coefficient (Wildman–Crippen LogP) is 9.30. The van der Waals surface area contributed by atoms with Crippen LogP contribution in [0.1, 0.15) is 0 Å². The number of rotatable bonds is 10. The van der Waals surface area contributed by atoms with Crippen LogP contribution in [0.2, 0.25) is 0 Å². The molecule has 0 bridgehead atoms. The molecule has 0 aliphatic heterocycles. The van der Waals surface area contributed by atoms with Crippen LogP contribution in [-0.4, -0.2) is 12.3 Å². The van der Waals surface area contributed by atoms with Crippen molar-refractivity contribution >= 4 is 84.4 Å². The van der Waals surface area contributed by atoms with Crippen molar-refractivity contribution in [2.75, 3.05) is 12.3 Å². The zero-order chi connectivity index (χ0) is 30.4. The molecular weight excluding hydrogens is 796 g/mol. The van der Waals surface area contributed by atoms with Crippen LogP contribution in [0.3, 0.4) is 0 Å². The predicted molar refractivity (Wildman–Crippen MR) is 217 cm³/mol. The molecule has 0 atom stereocenters. The van der Waals surface area contributed by atoms with Crippen molar-refractivity contribution in [3.05, 3.63) is 194 Å². The fraction of sp³-hybridized carbons (Fsp3) is 0.0500. The molecule has 0 radical (unpaired) electrons. The summed E-state index contributed by atoms with van der Waals surface area (Å²) in [5.41, 5.74) is 0. The van der Waals surface area contributed by atoms with E-state index in [0.717, 1.165) is 12.3 Å². The second kappa shape index (κ2) is 13.0. The normalized spacial score (nSPS) is 13.9. The molecule has 44 heavy (non-hydrogen) atoms. The Morgan fingerprint density at radius 2 is 0.455 bits per heavy atom. The zero-order valence-corrected chi connectivity index (χ0v) is 30.6. The molecule has 0 aromatic heterocycles. The third-order valence-electron chi connectivity index (χ3n) is 8.83. The van der Waals surface area contributed by atoms with Gasteiger partial charge in [0.15, 0.2) is 0 Å². The number of hydrogen-bond acceptors (Lipinski definition) is 0. The van der Waals surface area contributed by atoms with E-state index in [0.29, 0.717) is 0 Å². The van der Waals surface area contributed by atoms with Crippen molar-refractivity contribution < 1.29 is 0 Å². The standard InChI is InChI=1S/C40H36I2P2/c41-43(35-21-7-1-8-22-35,36-23-9-2-10-24-36,37-25-11-3-12-26-37)33-19-20-34-44(42,38-27-13-4-14-28-38,39-29-15-5-16-30-39)40-31-17-6-18-32-40/h1-32H,33-34H2. The van der Waals surface area contributed by atoms with Gasteiger partial charge in [-0.3, -0.25) is 0 Å². The Bertz CT molecular complexity index is 1490. The maximum absolute atomic E-state index is 2.91. The molecule has 6 rings (SSSR count). The van der Waals surface area contributed by atoms with Crippen molar-refractivity contribution in [2.45, 2.75) is 0 Å². The fourth-order valence-electron chi connectivity index (χ4n) is 6.50. The number of benzene rings is 6. The molecule has 0 saturated carbocycles. The van der Waals surface area contributed by atoms with E-state index in [1.165, 1.54) is 31.8 Å². The third kappa shape index (κ3) is 5.32. The SMILES string of the molecule is IP(CC=CCP(I)(c1ccccc1)(c1ccccc1)c1ccccc1)(c1ccccc1)(c1ccccc1)c1ccccc1. The summed E-state index contributed by atoms with van der Waals surface area (Å²) in [5, 5.41) is 8.43. The van der Waals surface area contributed by atoms with Gasteiger partial charge in [-0.25, -0.2) is 0 Å². The maximum atomic E-state index is 2.89. The van der Waals surface area contributed by atoms with Gasteiger partial charge >= 0.3 is 291 Å². The Kier molecular flexibility index (Phi) is 9.27. The molecule has 0 fully saturated rings.